The molecule has 0 aromatic heterocycles. The predicted molar refractivity (Wildman–Crippen MR) is 42.7 cm³/mol. The van der Waals surface area contributed by atoms with E-state index in [1.807, 2.05) is 5.32 Å². The smallest absolute Gasteiger partial charge is 0.347 e. The average molecular weight is 226 g/mol. The van der Waals surface area contributed by atoms with Gasteiger partial charge in [-0.15, -0.1) is 0 Å². The van der Waals surface area contributed by atoms with E-state index in [0.29, 0.717) is 13.1 Å². The van der Waals surface area contributed by atoms with Crippen LogP contribution in [0.15, 0.2) is 0 Å². The molecule has 86 valence electrons. The van der Waals surface area contributed by atoms with Gasteiger partial charge in [0.15, 0.2) is 0 Å². The summed E-state index contributed by atoms with van der Waals surface area (Å²) >= 11 is 0. The highest BCUT2D eigenvalue weighted by molar-refractivity contribution is 5.84. The third kappa shape index (κ3) is 1.68. The molecule has 0 spiro atoms. The second kappa shape index (κ2) is 3.33. The quantitative estimate of drug-likeness (QED) is 0.676. The molecule has 1 heterocycles. The fraction of sp³-hybridized carbons (Fsp3) is 0.875. The number of carbonyl (C=O) groups excluding carboxylic acids is 1. The highest BCUT2D eigenvalue weighted by Gasteiger charge is 2.57. The van der Waals surface area contributed by atoms with Gasteiger partial charge in [0.05, 0.1) is 0 Å². The highest BCUT2D eigenvalue weighted by atomic mass is 19.3. The molecule has 2 atom stereocenters. The van der Waals surface area contributed by atoms with Crippen LogP contribution in [0.1, 0.15) is 0 Å². The number of hydrogen-bond acceptors (Lipinski definition) is 2. The van der Waals surface area contributed by atoms with Crippen LogP contribution in [-0.4, -0.2) is 37.4 Å². The van der Waals surface area contributed by atoms with Gasteiger partial charge in [-0.2, -0.15) is 8.78 Å². The molecule has 3 nitrogen and oxygen atoms in total. The van der Waals surface area contributed by atoms with Crippen LogP contribution in [0.4, 0.5) is 17.6 Å². The maximum atomic E-state index is 12.5. The molecular weight excluding hydrogens is 216 g/mol. The van der Waals surface area contributed by atoms with Gasteiger partial charge in [0, 0.05) is 19.1 Å². The maximum Gasteiger partial charge on any atom is 0.383 e. The Labute approximate surface area is 83.2 Å². The van der Waals surface area contributed by atoms with Crippen LogP contribution in [0.5, 0.6) is 0 Å². The molecule has 0 radical (unpaired) electrons. The maximum absolute atomic E-state index is 12.5. The van der Waals surface area contributed by atoms with Crippen molar-refractivity contribution >= 4 is 5.91 Å². The molecule has 2 unspecified atom stereocenters. The van der Waals surface area contributed by atoms with E-state index in [1.54, 1.807) is 0 Å². The van der Waals surface area contributed by atoms with Crippen LogP contribution in [0, 0.1) is 11.8 Å². The first-order valence-electron chi connectivity index (χ1n) is 4.62. The second-order valence-electron chi connectivity index (χ2n) is 3.91. The monoisotopic (exact) mass is 226 g/mol. The van der Waals surface area contributed by atoms with Crippen molar-refractivity contribution in [3.8, 4) is 0 Å². The average Bonchev–Trinajstić information content (AvgIpc) is 2.63. The number of carbonyl (C=O) groups is 1. The van der Waals surface area contributed by atoms with Crippen LogP contribution < -0.4 is 10.6 Å². The van der Waals surface area contributed by atoms with E-state index in [0.717, 1.165) is 0 Å². The first-order valence-corrected chi connectivity index (χ1v) is 4.62. The topological polar surface area (TPSA) is 41.1 Å². The minimum absolute atomic E-state index is 0.127. The van der Waals surface area contributed by atoms with Crippen molar-refractivity contribution in [1.82, 2.24) is 10.6 Å². The minimum Gasteiger partial charge on any atom is -0.347 e. The van der Waals surface area contributed by atoms with E-state index < -0.39 is 18.3 Å². The lowest BCUT2D eigenvalue weighted by Gasteiger charge is -2.15. The lowest BCUT2D eigenvalue weighted by Crippen LogP contribution is -2.47. The molecule has 1 saturated carbocycles. The standard InChI is InChI=1S/C8H10F4N2O/c9-6(10)8(11,12)7(15)14-5-3-1-13-2-4(3)5/h3-6,13H,1-2H2,(H,14,15). The van der Waals surface area contributed by atoms with Gasteiger partial charge in [0.1, 0.15) is 0 Å². The van der Waals surface area contributed by atoms with Crippen LogP contribution in [0.2, 0.25) is 0 Å². The number of nitrogens with one attached hydrogen (secondary N) is 2. The van der Waals surface area contributed by atoms with E-state index in [9.17, 15) is 22.4 Å². The van der Waals surface area contributed by atoms with Crippen LogP contribution >= 0.6 is 0 Å². The summed E-state index contributed by atoms with van der Waals surface area (Å²) in [5.74, 6) is -6.19. The van der Waals surface area contributed by atoms with Gasteiger partial charge in [-0.05, 0) is 11.8 Å². The van der Waals surface area contributed by atoms with Crippen LogP contribution in [0.25, 0.3) is 0 Å². The van der Waals surface area contributed by atoms with E-state index in [-0.39, 0.29) is 17.9 Å². The van der Waals surface area contributed by atoms with Gasteiger partial charge >= 0.3 is 12.3 Å². The first kappa shape index (κ1) is 10.7. The molecule has 1 saturated heterocycles. The summed E-state index contributed by atoms with van der Waals surface area (Å²) in [7, 11) is 0. The fourth-order valence-corrected chi connectivity index (χ4v) is 1.98. The number of rotatable bonds is 3. The van der Waals surface area contributed by atoms with E-state index in [1.165, 1.54) is 0 Å². The van der Waals surface area contributed by atoms with Gasteiger partial charge in [-0.1, -0.05) is 0 Å². The Balaban J connectivity index is 1.88. The third-order valence-corrected chi connectivity index (χ3v) is 2.97. The van der Waals surface area contributed by atoms with E-state index in [4.69, 9.17) is 0 Å². The Kier molecular flexibility index (Phi) is 2.37. The number of halogens is 4. The molecule has 0 bridgehead atoms. The predicted octanol–water partition coefficient (Wildman–Crippen LogP) is 0.221. The first-order chi connectivity index (χ1) is 6.94. The molecule has 15 heavy (non-hydrogen) atoms. The Bertz CT molecular complexity index is 274. The zero-order valence-corrected chi connectivity index (χ0v) is 7.64. The summed E-state index contributed by atoms with van der Waals surface area (Å²) in [6.45, 7) is 1.30. The normalized spacial score (nSPS) is 34.1. The van der Waals surface area contributed by atoms with Gasteiger partial charge in [-0.3, -0.25) is 4.79 Å². The number of piperidine rings is 1. The summed E-state index contributed by atoms with van der Waals surface area (Å²) in [6, 6.07) is -0.358. The molecule has 0 aromatic carbocycles. The molecule has 2 rings (SSSR count). The summed E-state index contributed by atoms with van der Waals surface area (Å²) < 4.78 is 48.7. The highest BCUT2D eigenvalue weighted by Crippen LogP contribution is 2.42. The summed E-state index contributed by atoms with van der Waals surface area (Å²) in [6.07, 6.45) is -3.95. The zero-order chi connectivity index (χ0) is 11.2. The number of alkyl halides is 4. The van der Waals surface area contributed by atoms with Crippen LogP contribution in [0.3, 0.4) is 0 Å². The Morgan fingerprint density at radius 3 is 2.33 bits per heavy atom. The summed E-state index contributed by atoms with van der Waals surface area (Å²) in [4.78, 5) is 10.8. The fourth-order valence-electron chi connectivity index (χ4n) is 1.98. The number of hydrogen-bond donors (Lipinski definition) is 2. The van der Waals surface area contributed by atoms with Crippen LogP contribution in [-0.2, 0) is 4.79 Å². The molecule has 1 aliphatic carbocycles. The zero-order valence-electron chi connectivity index (χ0n) is 7.64. The van der Waals surface area contributed by atoms with Crippen molar-refractivity contribution in [2.75, 3.05) is 13.1 Å². The van der Waals surface area contributed by atoms with Crippen molar-refractivity contribution in [3.05, 3.63) is 0 Å². The Morgan fingerprint density at radius 1 is 1.33 bits per heavy atom. The van der Waals surface area contributed by atoms with Crippen molar-refractivity contribution in [2.45, 2.75) is 18.4 Å². The lowest BCUT2D eigenvalue weighted by atomic mass is 10.3. The van der Waals surface area contributed by atoms with Crippen molar-refractivity contribution < 1.29 is 22.4 Å². The molecule has 1 amide bonds. The molecule has 2 fully saturated rings. The van der Waals surface area contributed by atoms with Crippen molar-refractivity contribution in [3.63, 3.8) is 0 Å². The minimum atomic E-state index is -4.58. The second-order valence-corrected chi connectivity index (χ2v) is 3.91. The summed E-state index contributed by atoms with van der Waals surface area (Å²) in [5.41, 5.74) is 0. The van der Waals surface area contributed by atoms with Crippen molar-refractivity contribution in [2.24, 2.45) is 11.8 Å². The Hall–Kier alpha value is -0.850. The van der Waals surface area contributed by atoms with E-state index >= 15 is 0 Å². The molecular formula is C8H10F4N2O. The van der Waals surface area contributed by atoms with Gasteiger partial charge in [-0.25, -0.2) is 8.78 Å². The molecule has 0 aromatic rings. The Morgan fingerprint density at radius 2 is 1.87 bits per heavy atom. The van der Waals surface area contributed by atoms with Gasteiger partial charge < -0.3 is 10.6 Å². The number of fused-ring (bicyclic) bond motifs is 1. The van der Waals surface area contributed by atoms with Crippen molar-refractivity contribution in [1.29, 1.82) is 0 Å². The van der Waals surface area contributed by atoms with E-state index in [2.05, 4.69) is 5.32 Å². The van der Waals surface area contributed by atoms with Gasteiger partial charge in [0.25, 0.3) is 5.91 Å². The third-order valence-electron chi connectivity index (χ3n) is 2.97. The number of amides is 1. The lowest BCUT2D eigenvalue weighted by molar-refractivity contribution is -0.169. The largest absolute Gasteiger partial charge is 0.383 e. The summed E-state index contributed by atoms with van der Waals surface area (Å²) in [5, 5.41) is 4.97. The molecule has 2 N–H and O–H groups in total. The molecule has 1 aliphatic heterocycles. The van der Waals surface area contributed by atoms with Gasteiger partial charge in [0.2, 0.25) is 0 Å². The SMILES string of the molecule is O=C(NC1C2CNCC21)C(F)(F)C(F)F. The molecule has 2 aliphatic rings. The molecule has 7 heteroatoms.